The summed E-state index contributed by atoms with van der Waals surface area (Å²) in [4.78, 5) is 11.2. The number of rotatable bonds is 5. The SMILES string of the molecule is CSC1(CNC(=O)CC(C)N)CC1. The Bertz CT molecular complexity index is 190. The molecule has 1 saturated carbocycles. The molecule has 0 aromatic heterocycles. The van der Waals surface area contributed by atoms with Gasteiger partial charge in [-0.15, -0.1) is 0 Å². The minimum absolute atomic E-state index is 0.0376. The van der Waals surface area contributed by atoms with Gasteiger partial charge in [-0.1, -0.05) is 0 Å². The summed E-state index contributed by atoms with van der Waals surface area (Å²) in [7, 11) is 0. The highest BCUT2D eigenvalue weighted by Gasteiger charge is 2.41. The number of carbonyl (C=O) groups is 1. The van der Waals surface area contributed by atoms with Gasteiger partial charge in [0.25, 0.3) is 0 Å². The molecule has 3 N–H and O–H groups in total. The molecule has 1 rings (SSSR count). The first-order valence-corrected chi connectivity index (χ1v) is 5.88. The van der Waals surface area contributed by atoms with E-state index in [1.165, 1.54) is 12.8 Å². The third-order valence-electron chi connectivity index (χ3n) is 2.36. The molecule has 0 spiro atoms. The molecule has 0 saturated heterocycles. The molecule has 1 aliphatic rings. The van der Waals surface area contributed by atoms with E-state index in [4.69, 9.17) is 5.73 Å². The quantitative estimate of drug-likeness (QED) is 0.691. The normalized spacial score (nSPS) is 20.8. The topological polar surface area (TPSA) is 55.1 Å². The van der Waals surface area contributed by atoms with Crippen LogP contribution in [0.1, 0.15) is 26.2 Å². The fourth-order valence-corrected chi connectivity index (χ4v) is 1.94. The van der Waals surface area contributed by atoms with Crippen molar-refractivity contribution < 1.29 is 4.79 Å². The van der Waals surface area contributed by atoms with Crippen LogP contribution < -0.4 is 11.1 Å². The average molecular weight is 202 g/mol. The van der Waals surface area contributed by atoms with Crippen molar-refractivity contribution in [1.82, 2.24) is 5.32 Å². The molecule has 0 aromatic carbocycles. The van der Waals surface area contributed by atoms with Crippen LogP contribution in [0.3, 0.4) is 0 Å². The molecule has 76 valence electrons. The molecular formula is C9H18N2OS. The molecule has 0 bridgehead atoms. The van der Waals surface area contributed by atoms with Crippen LogP contribution in [0.5, 0.6) is 0 Å². The molecule has 0 aromatic rings. The number of carbonyl (C=O) groups excluding carboxylic acids is 1. The second kappa shape index (κ2) is 4.33. The van der Waals surface area contributed by atoms with Crippen LogP contribution in [0.2, 0.25) is 0 Å². The van der Waals surface area contributed by atoms with Gasteiger partial charge in [0.15, 0.2) is 0 Å². The molecule has 1 amide bonds. The van der Waals surface area contributed by atoms with Crippen LogP contribution in [-0.4, -0.2) is 29.5 Å². The zero-order valence-electron chi connectivity index (χ0n) is 8.30. The van der Waals surface area contributed by atoms with Crippen LogP contribution in [0.25, 0.3) is 0 Å². The van der Waals surface area contributed by atoms with Crippen LogP contribution in [0, 0.1) is 0 Å². The van der Waals surface area contributed by atoms with Crippen LogP contribution in [0.15, 0.2) is 0 Å². The third-order valence-corrected chi connectivity index (χ3v) is 3.77. The second-order valence-electron chi connectivity index (χ2n) is 3.85. The number of thioether (sulfide) groups is 1. The van der Waals surface area contributed by atoms with Crippen molar-refractivity contribution in [3.63, 3.8) is 0 Å². The van der Waals surface area contributed by atoms with Gasteiger partial charge in [0.2, 0.25) is 5.91 Å². The summed E-state index contributed by atoms with van der Waals surface area (Å²) in [5.74, 6) is 0.0790. The van der Waals surface area contributed by atoms with E-state index in [2.05, 4.69) is 11.6 Å². The Morgan fingerprint density at radius 3 is 2.69 bits per heavy atom. The number of nitrogens with two attached hydrogens (primary N) is 1. The molecule has 1 aliphatic carbocycles. The van der Waals surface area contributed by atoms with Crippen molar-refractivity contribution in [2.45, 2.75) is 37.0 Å². The van der Waals surface area contributed by atoms with Gasteiger partial charge < -0.3 is 11.1 Å². The van der Waals surface area contributed by atoms with Crippen molar-refractivity contribution in [2.24, 2.45) is 5.73 Å². The number of hydrogen-bond donors (Lipinski definition) is 2. The third kappa shape index (κ3) is 3.56. The standard InChI is InChI=1S/C9H18N2OS/c1-7(10)5-8(12)11-6-9(13-2)3-4-9/h7H,3-6,10H2,1-2H3,(H,11,12). The molecule has 0 heterocycles. The lowest BCUT2D eigenvalue weighted by Gasteiger charge is -2.13. The maximum Gasteiger partial charge on any atom is 0.221 e. The maximum absolute atomic E-state index is 11.2. The molecule has 1 unspecified atom stereocenters. The number of amides is 1. The summed E-state index contributed by atoms with van der Waals surface area (Å²) in [6, 6.07) is -0.0376. The van der Waals surface area contributed by atoms with Gasteiger partial charge in [0.1, 0.15) is 0 Å². The first-order valence-electron chi connectivity index (χ1n) is 4.65. The van der Waals surface area contributed by atoms with Gasteiger partial charge in [-0.25, -0.2) is 0 Å². The Kier molecular flexibility index (Phi) is 3.62. The molecule has 1 fully saturated rings. The molecule has 0 radical (unpaired) electrons. The monoisotopic (exact) mass is 202 g/mol. The zero-order valence-corrected chi connectivity index (χ0v) is 9.12. The van der Waals surface area contributed by atoms with E-state index >= 15 is 0 Å². The van der Waals surface area contributed by atoms with E-state index in [0.29, 0.717) is 11.2 Å². The summed E-state index contributed by atoms with van der Waals surface area (Å²) in [5.41, 5.74) is 5.51. The smallest absolute Gasteiger partial charge is 0.221 e. The van der Waals surface area contributed by atoms with E-state index in [-0.39, 0.29) is 11.9 Å². The predicted molar refractivity (Wildman–Crippen MR) is 56.8 cm³/mol. The highest BCUT2D eigenvalue weighted by molar-refractivity contribution is 8.00. The van der Waals surface area contributed by atoms with Crippen molar-refractivity contribution in [3.8, 4) is 0 Å². The van der Waals surface area contributed by atoms with Crippen molar-refractivity contribution in [1.29, 1.82) is 0 Å². The van der Waals surface area contributed by atoms with E-state index in [1.807, 2.05) is 18.7 Å². The molecule has 13 heavy (non-hydrogen) atoms. The fraction of sp³-hybridized carbons (Fsp3) is 0.889. The first-order chi connectivity index (χ1) is 6.08. The fourth-order valence-electron chi connectivity index (χ4n) is 1.22. The van der Waals surface area contributed by atoms with Crippen molar-refractivity contribution in [2.75, 3.05) is 12.8 Å². The van der Waals surface area contributed by atoms with E-state index in [9.17, 15) is 4.79 Å². The summed E-state index contributed by atoms with van der Waals surface area (Å²) >= 11 is 1.85. The summed E-state index contributed by atoms with van der Waals surface area (Å²) in [6.45, 7) is 2.65. The Morgan fingerprint density at radius 2 is 2.31 bits per heavy atom. The largest absolute Gasteiger partial charge is 0.355 e. The first kappa shape index (κ1) is 10.9. The Balaban J connectivity index is 2.15. The van der Waals surface area contributed by atoms with E-state index in [1.54, 1.807) is 0 Å². The average Bonchev–Trinajstić information content (AvgIpc) is 2.80. The van der Waals surface area contributed by atoms with Crippen molar-refractivity contribution >= 4 is 17.7 Å². The summed E-state index contributed by atoms with van der Waals surface area (Å²) in [6.07, 6.45) is 4.99. The van der Waals surface area contributed by atoms with E-state index in [0.717, 1.165) is 6.54 Å². The van der Waals surface area contributed by atoms with Crippen LogP contribution in [-0.2, 0) is 4.79 Å². The van der Waals surface area contributed by atoms with Crippen LogP contribution in [0.4, 0.5) is 0 Å². The van der Waals surface area contributed by atoms with E-state index < -0.39 is 0 Å². The Morgan fingerprint density at radius 1 is 1.69 bits per heavy atom. The lowest BCUT2D eigenvalue weighted by molar-refractivity contribution is -0.121. The predicted octanol–water partition coefficient (Wildman–Crippen LogP) is 0.735. The minimum Gasteiger partial charge on any atom is -0.355 e. The number of hydrogen-bond acceptors (Lipinski definition) is 3. The van der Waals surface area contributed by atoms with Gasteiger partial charge in [0, 0.05) is 23.8 Å². The highest BCUT2D eigenvalue weighted by Crippen LogP contribution is 2.46. The lowest BCUT2D eigenvalue weighted by atomic mass is 10.2. The molecule has 0 aliphatic heterocycles. The van der Waals surface area contributed by atoms with Crippen LogP contribution >= 0.6 is 11.8 Å². The van der Waals surface area contributed by atoms with Gasteiger partial charge in [0.05, 0.1) is 0 Å². The molecular weight excluding hydrogens is 184 g/mol. The Labute approximate surface area is 83.8 Å². The van der Waals surface area contributed by atoms with Gasteiger partial charge in [-0.05, 0) is 26.0 Å². The molecule has 1 atom stereocenters. The van der Waals surface area contributed by atoms with Gasteiger partial charge in [-0.2, -0.15) is 11.8 Å². The van der Waals surface area contributed by atoms with Gasteiger partial charge in [-0.3, -0.25) is 4.79 Å². The maximum atomic E-state index is 11.2. The summed E-state index contributed by atoms with van der Waals surface area (Å²) in [5, 5.41) is 2.93. The molecule has 3 nitrogen and oxygen atoms in total. The Hall–Kier alpha value is -0.220. The molecule has 4 heteroatoms. The van der Waals surface area contributed by atoms with Crippen molar-refractivity contribution in [3.05, 3.63) is 0 Å². The minimum atomic E-state index is -0.0376. The van der Waals surface area contributed by atoms with Gasteiger partial charge >= 0.3 is 0 Å². The number of nitrogens with one attached hydrogen (secondary N) is 1. The highest BCUT2D eigenvalue weighted by atomic mass is 32.2. The zero-order chi connectivity index (χ0) is 9.90. The second-order valence-corrected chi connectivity index (χ2v) is 5.12. The lowest BCUT2D eigenvalue weighted by Crippen LogP contribution is -2.34. The summed E-state index contributed by atoms with van der Waals surface area (Å²) < 4.78 is 0.355.